The largest absolute Gasteiger partial charge is 0.207 e. The predicted octanol–water partition coefficient (Wildman–Crippen LogP) is 5.72. The van der Waals surface area contributed by atoms with Crippen molar-refractivity contribution in [1.29, 1.82) is 0 Å². The molecule has 0 aromatic heterocycles. The number of rotatable bonds is 2. The van der Waals surface area contributed by atoms with Crippen LogP contribution in [0.3, 0.4) is 0 Å². The Kier molecular flexibility index (Phi) is 4.51. The first-order valence-corrected chi connectivity index (χ1v) is 7.23. The van der Waals surface area contributed by atoms with Gasteiger partial charge in [0.25, 0.3) is 0 Å². The molecule has 4 heteroatoms. The van der Waals surface area contributed by atoms with Crippen LogP contribution in [0.4, 0.5) is 4.39 Å². The Morgan fingerprint density at radius 3 is 2.33 bits per heavy atom. The van der Waals surface area contributed by atoms with E-state index in [4.69, 9.17) is 23.2 Å². The topological polar surface area (TPSA) is 0 Å². The van der Waals surface area contributed by atoms with Gasteiger partial charge in [-0.3, -0.25) is 0 Å². The molecule has 0 radical (unpaired) electrons. The molecule has 2 aromatic carbocycles. The minimum absolute atomic E-state index is 0.219. The highest BCUT2D eigenvalue weighted by Gasteiger charge is 2.13. The normalized spacial score (nSPS) is 12.5. The summed E-state index contributed by atoms with van der Waals surface area (Å²) in [4.78, 5) is 0. The van der Waals surface area contributed by atoms with Gasteiger partial charge in [0.05, 0.1) is 10.4 Å². The average Bonchev–Trinajstić information content (AvgIpc) is 2.35. The van der Waals surface area contributed by atoms with E-state index in [0.29, 0.717) is 10.6 Å². The molecule has 0 saturated carbocycles. The Hall–Kier alpha value is -0.320. The standard InChI is InChI=1S/C14H10Cl2FI/c1-8-6-9(2-4-12(8)17)14(16)10-3-5-13(18)11(15)7-10/h2-7,14H,1H3. The monoisotopic (exact) mass is 394 g/mol. The second-order valence-electron chi connectivity index (χ2n) is 4.04. The summed E-state index contributed by atoms with van der Waals surface area (Å²) >= 11 is 14.6. The molecular weight excluding hydrogens is 385 g/mol. The van der Waals surface area contributed by atoms with E-state index in [9.17, 15) is 4.39 Å². The lowest BCUT2D eigenvalue weighted by Gasteiger charge is -2.12. The van der Waals surface area contributed by atoms with Crippen LogP contribution in [0, 0.1) is 16.3 Å². The molecule has 2 rings (SSSR count). The molecular formula is C14H10Cl2FI. The van der Waals surface area contributed by atoms with Crippen LogP contribution in [0.2, 0.25) is 5.02 Å². The maximum Gasteiger partial charge on any atom is 0.126 e. The van der Waals surface area contributed by atoms with Gasteiger partial charge < -0.3 is 0 Å². The first-order chi connectivity index (χ1) is 8.49. The van der Waals surface area contributed by atoms with Crippen LogP contribution in [0.1, 0.15) is 22.1 Å². The number of halogens is 4. The zero-order valence-corrected chi connectivity index (χ0v) is 13.2. The molecule has 0 spiro atoms. The lowest BCUT2D eigenvalue weighted by Crippen LogP contribution is -1.95. The number of hydrogen-bond donors (Lipinski definition) is 0. The van der Waals surface area contributed by atoms with E-state index in [2.05, 4.69) is 22.6 Å². The second kappa shape index (κ2) is 5.76. The highest BCUT2D eigenvalue weighted by molar-refractivity contribution is 14.1. The van der Waals surface area contributed by atoms with E-state index in [1.54, 1.807) is 19.1 Å². The molecule has 1 unspecified atom stereocenters. The molecule has 0 aliphatic heterocycles. The molecule has 0 N–H and O–H groups in total. The van der Waals surface area contributed by atoms with E-state index in [0.717, 1.165) is 14.7 Å². The van der Waals surface area contributed by atoms with Crippen LogP contribution in [-0.2, 0) is 0 Å². The van der Waals surface area contributed by atoms with Crippen molar-refractivity contribution < 1.29 is 4.39 Å². The van der Waals surface area contributed by atoms with Crippen molar-refractivity contribution >= 4 is 45.8 Å². The van der Waals surface area contributed by atoms with Crippen LogP contribution < -0.4 is 0 Å². The Balaban J connectivity index is 2.37. The van der Waals surface area contributed by atoms with Crippen LogP contribution in [-0.4, -0.2) is 0 Å². The van der Waals surface area contributed by atoms with E-state index >= 15 is 0 Å². The van der Waals surface area contributed by atoms with Crippen molar-refractivity contribution in [2.24, 2.45) is 0 Å². The maximum absolute atomic E-state index is 13.2. The summed E-state index contributed by atoms with van der Waals surface area (Å²) in [6.45, 7) is 1.73. The minimum Gasteiger partial charge on any atom is -0.207 e. The molecule has 0 aliphatic carbocycles. The quantitative estimate of drug-likeness (QED) is 0.451. The van der Waals surface area contributed by atoms with Gasteiger partial charge in [0.2, 0.25) is 0 Å². The lowest BCUT2D eigenvalue weighted by molar-refractivity contribution is 0.617. The lowest BCUT2D eigenvalue weighted by atomic mass is 10.0. The summed E-state index contributed by atoms with van der Waals surface area (Å²) in [5.74, 6) is -0.219. The van der Waals surface area contributed by atoms with Crippen molar-refractivity contribution in [3.8, 4) is 0 Å². The molecule has 0 bridgehead atoms. The number of benzene rings is 2. The summed E-state index contributed by atoms with van der Waals surface area (Å²) in [6.07, 6.45) is 0. The molecule has 18 heavy (non-hydrogen) atoms. The van der Waals surface area contributed by atoms with Crippen molar-refractivity contribution in [2.45, 2.75) is 12.3 Å². The number of hydrogen-bond acceptors (Lipinski definition) is 0. The second-order valence-corrected chi connectivity index (χ2v) is 6.05. The van der Waals surface area contributed by atoms with Gasteiger partial charge in [-0.15, -0.1) is 11.6 Å². The van der Waals surface area contributed by atoms with Crippen LogP contribution >= 0.6 is 45.8 Å². The number of alkyl halides is 1. The van der Waals surface area contributed by atoms with Gasteiger partial charge in [-0.2, -0.15) is 0 Å². The Bertz CT molecular complexity index is 533. The zero-order chi connectivity index (χ0) is 13.3. The van der Waals surface area contributed by atoms with Gasteiger partial charge >= 0.3 is 0 Å². The van der Waals surface area contributed by atoms with Gasteiger partial charge in [0.1, 0.15) is 5.82 Å². The maximum atomic E-state index is 13.2. The summed E-state index contributed by atoms with van der Waals surface area (Å²) in [6, 6.07) is 10.6. The van der Waals surface area contributed by atoms with Crippen molar-refractivity contribution in [3.63, 3.8) is 0 Å². The van der Waals surface area contributed by atoms with E-state index < -0.39 is 0 Å². The van der Waals surface area contributed by atoms with E-state index in [1.165, 1.54) is 6.07 Å². The minimum atomic E-state index is -0.321. The van der Waals surface area contributed by atoms with Crippen molar-refractivity contribution in [3.05, 3.63) is 67.5 Å². The smallest absolute Gasteiger partial charge is 0.126 e. The average molecular weight is 395 g/mol. The van der Waals surface area contributed by atoms with Gasteiger partial charge in [-0.1, -0.05) is 29.8 Å². The van der Waals surface area contributed by atoms with Crippen molar-refractivity contribution in [2.75, 3.05) is 0 Å². The summed E-state index contributed by atoms with van der Waals surface area (Å²) in [5, 5.41) is 0.358. The molecule has 0 fully saturated rings. The molecule has 1 atom stereocenters. The fourth-order valence-electron chi connectivity index (χ4n) is 1.69. The van der Waals surface area contributed by atoms with Crippen LogP contribution in [0.25, 0.3) is 0 Å². The molecule has 0 nitrogen and oxygen atoms in total. The molecule has 94 valence electrons. The summed E-state index contributed by atoms with van der Waals surface area (Å²) < 4.78 is 14.2. The summed E-state index contributed by atoms with van der Waals surface area (Å²) in [7, 11) is 0. The first-order valence-electron chi connectivity index (χ1n) is 5.34. The van der Waals surface area contributed by atoms with Crippen molar-refractivity contribution in [1.82, 2.24) is 0 Å². The molecule has 0 heterocycles. The molecule has 2 aromatic rings. The highest BCUT2D eigenvalue weighted by atomic mass is 127. The highest BCUT2D eigenvalue weighted by Crippen LogP contribution is 2.32. The van der Waals surface area contributed by atoms with Gasteiger partial charge in [0.15, 0.2) is 0 Å². The van der Waals surface area contributed by atoms with Crippen LogP contribution in [0.15, 0.2) is 36.4 Å². The Labute approximate surface area is 129 Å². The fraction of sp³-hybridized carbons (Fsp3) is 0.143. The summed E-state index contributed by atoms with van der Waals surface area (Å²) in [5.41, 5.74) is 2.37. The van der Waals surface area contributed by atoms with Crippen LogP contribution in [0.5, 0.6) is 0 Å². The van der Waals surface area contributed by atoms with E-state index in [-0.39, 0.29) is 11.2 Å². The third kappa shape index (κ3) is 2.98. The van der Waals surface area contributed by atoms with Gasteiger partial charge in [-0.25, -0.2) is 4.39 Å². The third-order valence-electron chi connectivity index (χ3n) is 2.71. The Morgan fingerprint density at radius 1 is 1.11 bits per heavy atom. The van der Waals surface area contributed by atoms with E-state index in [1.807, 2.05) is 18.2 Å². The SMILES string of the molecule is Cc1cc(C(Cl)c2ccc(I)c(Cl)c2)ccc1F. The first kappa shape index (κ1) is 14.1. The molecule has 0 aliphatic rings. The molecule has 0 amide bonds. The Morgan fingerprint density at radius 2 is 1.72 bits per heavy atom. The predicted molar refractivity (Wildman–Crippen MR) is 83.0 cm³/mol. The molecule has 0 saturated heterocycles. The zero-order valence-electron chi connectivity index (χ0n) is 9.55. The third-order valence-corrected chi connectivity index (χ3v) is 4.79. The van der Waals surface area contributed by atoms with Gasteiger partial charge in [-0.05, 0) is 64.4 Å². The number of aryl methyl sites for hydroxylation is 1. The van der Waals surface area contributed by atoms with Gasteiger partial charge in [0, 0.05) is 3.57 Å². The fourth-order valence-corrected chi connectivity index (χ4v) is 2.48.